The zero-order valence-electron chi connectivity index (χ0n) is 12.3. The Hall–Kier alpha value is -0.400. The minimum Gasteiger partial charge on any atom is -0.394 e. The molecule has 0 aliphatic carbocycles. The lowest BCUT2D eigenvalue weighted by atomic mass is 9.80. The molecule has 10 heteroatoms. The van der Waals surface area contributed by atoms with E-state index in [2.05, 4.69) is 0 Å². The van der Waals surface area contributed by atoms with Crippen molar-refractivity contribution in [2.24, 2.45) is 5.92 Å². The van der Waals surface area contributed by atoms with Crippen molar-refractivity contribution < 1.29 is 50.3 Å². The summed E-state index contributed by atoms with van der Waals surface area (Å²) in [5.41, 5.74) is 0. The highest BCUT2D eigenvalue weighted by Gasteiger charge is 2.50. The molecule has 0 amide bonds. The zero-order valence-corrected chi connectivity index (χ0v) is 12.3. The van der Waals surface area contributed by atoms with Crippen LogP contribution in [0.25, 0.3) is 0 Å². The first-order valence-electron chi connectivity index (χ1n) is 7.42. The van der Waals surface area contributed by atoms with Crippen molar-refractivity contribution >= 4 is 0 Å². The van der Waals surface area contributed by atoms with Crippen LogP contribution in [-0.4, -0.2) is 109 Å². The highest BCUT2D eigenvalue weighted by molar-refractivity contribution is 4.99. The lowest BCUT2D eigenvalue weighted by Crippen LogP contribution is -2.64. The molecule has 2 saturated heterocycles. The van der Waals surface area contributed by atoms with Gasteiger partial charge in [-0.05, 0) is 0 Å². The summed E-state index contributed by atoms with van der Waals surface area (Å²) in [5.74, 6) is -1.02. The van der Waals surface area contributed by atoms with Gasteiger partial charge in [-0.15, -0.1) is 0 Å². The molecule has 0 unspecified atom stereocenters. The van der Waals surface area contributed by atoms with E-state index in [1.54, 1.807) is 0 Å². The van der Waals surface area contributed by atoms with Crippen molar-refractivity contribution in [2.75, 3.05) is 13.2 Å². The van der Waals surface area contributed by atoms with Crippen molar-refractivity contribution in [3.8, 4) is 0 Å². The number of hydrogen-bond acceptors (Lipinski definition) is 10. The van der Waals surface area contributed by atoms with E-state index in [1.807, 2.05) is 0 Å². The number of rotatable bonds is 4. The fraction of sp³-hybridized carbons (Fsp3) is 1.00. The molecule has 136 valence electrons. The topological polar surface area (TPSA) is 180 Å². The molecule has 8 N–H and O–H groups in total. The normalized spacial score (nSPS) is 49.8. The molecule has 0 saturated carbocycles. The first-order chi connectivity index (χ1) is 10.8. The van der Waals surface area contributed by atoms with Crippen molar-refractivity contribution in [1.29, 1.82) is 0 Å². The van der Waals surface area contributed by atoms with Gasteiger partial charge in [-0.1, -0.05) is 0 Å². The standard InChI is InChI=1S/C13H24O10/c14-2-5-8(17)4(1-7(16)22-5)9(18)13-12(21)11(20)10(19)6(3-15)23-13/h4-21H,1-3H2/t4-,5-,6-,7-,8-,9-,10-,11+,12-,13+/m1/s1. The quantitative estimate of drug-likeness (QED) is 0.247. The van der Waals surface area contributed by atoms with E-state index in [4.69, 9.17) is 19.7 Å². The summed E-state index contributed by atoms with van der Waals surface area (Å²) >= 11 is 0. The number of aliphatic hydroxyl groups excluding tert-OH is 8. The Kier molecular flexibility index (Phi) is 6.30. The monoisotopic (exact) mass is 340 g/mol. The van der Waals surface area contributed by atoms with Gasteiger partial charge in [0.2, 0.25) is 0 Å². The van der Waals surface area contributed by atoms with Crippen molar-refractivity contribution in [1.82, 2.24) is 0 Å². The third kappa shape index (κ3) is 3.66. The molecule has 0 aromatic rings. The lowest BCUT2D eigenvalue weighted by molar-refractivity contribution is -0.279. The van der Waals surface area contributed by atoms with E-state index in [1.165, 1.54) is 0 Å². The van der Waals surface area contributed by atoms with Gasteiger partial charge in [-0.2, -0.15) is 0 Å². The fourth-order valence-electron chi connectivity index (χ4n) is 3.13. The van der Waals surface area contributed by atoms with E-state index in [0.29, 0.717) is 0 Å². The van der Waals surface area contributed by atoms with E-state index in [-0.39, 0.29) is 6.42 Å². The SMILES string of the molecule is OC[C@H]1O[C@@H](O)C[C@@H]([C@@H](O)[C@@H]2O[C@H](CO)[C@@H](O)[C@H](O)[C@H]2O)[C@H]1O. The molecule has 2 rings (SSSR count). The van der Waals surface area contributed by atoms with Gasteiger partial charge in [0.25, 0.3) is 0 Å². The summed E-state index contributed by atoms with van der Waals surface area (Å²) in [6.45, 7) is -1.23. The second-order valence-corrected chi connectivity index (χ2v) is 5.99. The Balaban J connectivity index is 2.15. The predicted octanol–water partition coefficient (Wildman–Crippen LogP) is -4.73. The third-order valence-corrected chi connectivity index (χ3v) is 4.51. The largest absolute Gasteiger partial charge is 0.394 e. The van der Waals surface area contributed by atoms with Crippen LogP contribution in [0.5, 0.6) is 0 Å². The molecule has 2 aliphatic rings. The summed E-state index contributed by atoms with van der Waals surface area (Å²) in [7, 11) is 0. The predicted molar refractivity (Wildman–Crippen MR) is 71.9 cm³/mol. The Morgan fingerprint density at radius 1 is 0.783 bits per heavy atom. The number of ether oxygens (including phenoxy) is 2. The molecule has 10 atom stereocenters. The van der Waals surface area contributed by atoms with E-state index in [0.717, 1.165) is 0 Å². The molecule has 23 heavy (non-hydrogen) atoms. The summed E-state index contributed by atoms with van der Waals surface area (Å²) in [6, 6.07) is 0. The second-order valence-electron chi connectivity index (χ2n) is 5.99. The lowest BCUT2D eigenvalue weighted by Gasteiger charge is -2.46. The summed E-state index contributed by atoms with van der Waals surface area (Å²) in [6.07, 6.45) is -13.0. The van der Waals surface area contributed by atoms with Crippen LogP contribution < -0.4 is 0 Å². The second kappa shape index (κ2) is 7.66. The summed E-state index contributed by atoms with van der Waals surface area (Å²) in [4.78, 5) is 0. The summed E-state index contributed by atoms with van der Waals surface area (Å²) < 4.78 is 10.2. The minimum absolute atomic E-state index is 0.187. The average molecular weight is 340 g/mol. The van der Waals surface area contributed by atoms with E-state index >= 15 is 0 Å². The maximum Gasteiger partial charge on any atom is 0.155 e. The fourth-order valence-corrected chi connectivity index (χ4v) is 3.13. The molecule has 2 aliphatic heterocycles. The summed E-state index contributed by atoms with van der Waals surface area (Å²) in [5, 5.41) is 77.9. The first kappa shape index (κ1) is 18.9. The van der Waals surface area contributed by atoms with Gasteiger partial charge in [0, 0.05) is 12.3 Å². The van der Waals surface area contributed by atoms with Gasteiger partial charge in [0.05, 0.1) is 25.4 Å². The van der Waals surface area contributed by atoms with Gasteiger partial charge < -0.3 is 50.3 Å². The van der Waals surface area contributed by atoms with Gasteiger partial charge >= 0.3 is 0 Å². The molecule has 2 fully saturated rings. The molecule has 0 spiro atoms. The molecule has 10 nitrogen and oxygen atoms in total. The van der Waals surface area contributed by atoms with Crippen molar-refractivity contribution in [2.45, 2.75) is 61.5 Å². The highest BCUT2D eigenvalue weighted by atomic mass is 16.6. The van der Waals surface area contributed by atoms with Gasteiger partial charge in [0.15, 0.2) is 6.29 Å². The first-order valence-corrected chi connectivity index (χ1v) is 7.42. The van der Waals surface area contributed by atoms with Crippen LogP contribution >= 0.6 is 0 Å². The molecule has 0 aromatic carbocycles. The Morgan fingerprint density at radius 2 is 1.35 bits per heavy atom. The van der Waals surface area contributed by atoms with Gasteiger partial charge in [-0.3, -0.25) is 0 Å². The average Bonchev–Trinajstić information content (AvgIpc) is 2.54. The molecule has 2 heterocycles. The van der Waals surface area contributed by atoms with E-state index in [9.17, 15) is 30.6 Å². The van der Waals surface area contributed by atoms with Crippen LogP contribution in [0, 0.1) is 5.92 Å². The molecule has 0 aromatic heterocycles. The number of hydrogen-bond donors (Lipinski definition) is 8. The molecule has 0 radical (unpaired) electrons. The highest BCUT2D eigenvalue weighted by Crippen LogP contribution is 2.33. The maximum atomic E-state index is 10.4. The van der Waals surface area contributed by atoms with Crippen LogP contribution in [-0.2, 0) is 9.47 Å². The van der Waals surface area contributed by atoms with Crippen LogP contribution in [0.4, 0.5) is 0 Å². The van der Waals surface area contributed by atoms with Crippen molar-refractivity contribution in [3.63, 3.8) is 0 Å². The van der Waals surface area contributed by atoms with Crippen LogP contribution in [0.3, 0.4) is 0 Å². The zero-order chi connectivity index (χ0) is 17.3. The molecular weight excluding hydrogens is 316 g/mol. The Labute approximate surface area is 132 Å². The smallest absolute Gasteiger partial charge is 0.155 e. The van der Waals surface area contributed by atoms with E-state index < -0.39 is 74.3 Å². The number of aliphatic hydroxyl groups is 8. The van der Waals surface area contributed by atoms with Crippen LogP contribution in [0.15, 0.2) is 0 Å². The van der Waals surface area contributed by atoms with Gasteiger partial charge in [-0.25, -0.2) is 0 Å². The maximum absolute atomic E-state index is 10.4. The minimum atomic E-state index is -1.66. The molecule has 0 bridgehead atoms. The van der Waals surface area contributed by atoms with Gasteiger partial charge in [0.1, 0.15) is 36.6 Å². The Morgan fingerprint density at radius 3 is 1.91 bits per heavy atom. The van der Waals surface area contributed by atoms with Crippen molar-refractivity contribution in [3.05, 3.63) is 0 Å². The van der Waals surface area contributed by atoms with Crippen LogP contribution in [0.1, 0.15) is 6.42 Å². The Bertz CT molecular complexity index is 380. The van der Waals surface area contributed by atoms with Crippen LogP contribution in [0.2, 0.25) is 0 Å². The molecular formula is C13H24O10. The third-order valence-electron chi connectivity index (χ3n) is 4.51.